The van der Waals surface area contributed by atoms with Crippen molar-refractivity contribution in [3.8, 4) is 0 Å². The maximum atomic E-state index is 12.2. The monoisotopic (exact) mass is 266 g/mol. The van der Waals surface area contributed by atoms with E-state index >= 15 is 0 Å². The number of hydrogen-bond acceptors (Lipinski definition) is 2. The van der Waals surface area contributed by atoms with Gasteiger partial charge in [-0.15, -0.1) is 0 Å². The van der Waals surface area contributed by atoms with Gasteiger partial charge in [-0.2, -0.15) is 0 Å². The van der Waals surface area contributed by atoms with Crippen LogP contribution in [0.3, 0.4) is 0 Å². The van der Waals surface area contributed by atoms with Gasteiger partial charge in [0.15, 0.2) is 0 Å². The molecule has 2 rings (SSSR count). The largest absolute Gasteiger partial charge is 0.356 e. The van der Waals surface area contributed by atoms with Gasteiger partial charge in [0.25, 0.3) is 0 Å². The van der Waals surface area contributed by atoms with Gasteiger partial charge >= 0.3 is 0 Å². The maximum Gasteiger partial charge on any atom is 0.223 e. The van der Waals surface area contributed by atoms with Gasteiger partial charge in [-0.1, -0.05) is 13.8 Å². The van der Waals surface area contributed by atoms with Crippen LogP contribution in [0.15, 0.2) is 0 Å². The predicted molar refractivity (Wildman–Crippen MR) is 78.9 cm³/mol. The van der Waals surface area contributed by atoms with Crippen LogP contribution >= 0.6 is 0 Å². The molecule has 0 unspecified atom stereocenters. The Hall–Kier alpha value is -0.570. The van der Waals surface area contributed by atoms with Crippen molar-refractivity contribution in [2.45, 2.75) is 65.3 Å². The molecule has 1 saturated heterocycles. The average Bonchev–Trinajstić information content (AvgIpc) is 2.37. The summed E-state index contributed by atoms with van der Waals surface area (Å²) < 4.78 is 0. The molecule has 2 fully saturated rings. The van der Waals surface area contributed by atoms with Crippen molar-refractivity contribution in [2.75, 3.05) is 13.1 Å². The topological polar surface area (TPSA) is 41.1 Å². The molecule has 2 aliphatic rings. The van der Waals surface area contributed by atoms with E-state index in [1.165, 1.54) is 25.7 Å². The van der Waals surface area contributed by atoms with E-state index in [1.54, 1.807) is 0 Å². The summed E-state index contributed by atoms with van der Waals surface area (Å²) in [5.41, 5.74) is 0.519. The quantitative estimate of drug-likeness (QED) is 0.824. The Morgan fingerprint density at radius 1 is 1.26 bits per heavy atom. The molecule has 0 bridgehead atoms. The highest BCUT2D eigenvalue weighted by Crippen LogP contribution is 2.37. The smallest absolute Gasteiger partial charge is 0.223 e. The predicted octanol–water partition coefficient (Wildman–Crippen LogP) is 2.71. The molecule has 3 nitrogen and oxygen atoms in total. The molecule has 1 saturated carbocycles. The van der Waals surface area contributed by atoms with E-state index in [0.29, 0.717) is 17.4 Å². The molecule has 19 heavy (non-hydrogen) atoms. The zero-order valence-electron chi connectivity index (χ0n) is 12.8. The molecule has 0 spiro atoms. The second-order valence-electron chi connectivity index (χ2n) is 7.43. The first-order chi connectivity index (χ1) is 8.96. The minimum atomic E-state index is 0.233. The number of carbonyl (C=O) groups excluding carboxylic acids is 1. The number of nitrogens with one attached hydrogen (secondary N) is 2. The Kier molecular flexibility index (Phi) is 4.88. The van der Waals surface area contributed by atoms with Gasteiger partial charge in [0.05, 0.1) is 0 Å². The number of piperidine rings is 1. The maximum absolute atomic E-state index is 12.2. The molecule has 1 heterocycles. The third-order valence-corrected chi connectivity index (χ3v) is 5.02. The standard InChI is InChI=1S/C16H30N2O/c1-12-10-14(6-9-17-12)15(19)18-11-13-4-7-16(2,3)8-5-13/h12-14,17H,4-11H2,1-3H3,(H,18,19)/t12-,14-/m0/s1. The van der Waals surface area contributed by atoms with Gasteiger partial charge in [-0.25, -0.2) is 0 Å². The minimum Gasteiger partial charge on any atom is -0.356 e. The lowest BCUT2D eigenvalue weighted by molar-refractivity contribution is -0.126. The number of hydrogen-bond donors (Lipinski definition) is 2. The third kappa shape index (κ3) is 4.48. The van der Waals surface area contributed by atoms with Gasteiger partial charge < -0.3 is 10.6 Å². The average molecular weight is 266 g/mol. The molecule has 0 aromatic carbocycles. The van der Waals surface area contributed by atoms with Crippen molar-refractivity contribution in [2.24, 2.45) is 17.3 Å². The van der Waals surface area contributed by atoms with Gasteiger partial charge in [0, 0.05) is 18.5 Å². The van der Waals surface area contributed by atoms with Crippen molar-refractivity contribution in [3.05, 3.63) is 0 Å². The Morgan fingerprint density at radius 2 is 1.95 bits per heavy atom. The highest BCUT2D eigenvalue weighted by molar-refractivity contribution is 5.78. The summed E-state index contributed by atoms with van der Waals surface area (Å²) in [6.45, 7) is 8.77. The van der Waals surface area contributed by atoms with Crippen LogP contribution in [0.1, 0.15) is 59.3 Å². The molecular weight excluding hydrogens is 236 g/mol. The summed E-state index contributed by atoms with van der Waals surface area (Å²) in [6.07, 6.45) is 7.14. The van der Waals surface area contributed by atoms with E-state index in [4.69, 9.17) is 0 Å². The Morgan fingerprint density at radius 3 is 2.58 bits per heavy atom. The number of carbonyl (C=O) groups is 1. The Balaban J connectivity index is 1.69. The van der Waals surface area contributed by atoms with Gasteiger partial charge in [0.2, 0.25) is 5.91 Å². The van der Waals surface area contributed by atoms with Crippen molar-refractivity contribution < 1.29 is 4.79 Å². The summed E-state index contributed by atoms with van der Waals surface area (Å²) in [6, 6.07) is 0.486. The Labute approximate surface area is 117 Å². The SMILES string of the molecule is C[C@H]1C[C@@H](C(=O)NCC2CCC(C)(C)CC2)CCN1. The molecule has 1 aliphatic carbocycles. The van der Waals surface area contributed by atoms with Crippen LogP contribution in [0.25, 0.3) is 0 Å². The van der Waals surface area contributed by atoms with E-state index in [-0.39, 0.29) is 11.8 Å². The first-order valence-electron chi connectivity index (χ1n) is 7.97. The third-order valence-electron chi connectivity index (χ3n) is 5.02. The highest BCUT2D eigenvalue weighted by Gasteiger charge is 2.28. The van der Waals surface area contributed by atoms with Crippen molar-refractivity contribution >= 4 is 5.91 Å². The first-order valence-corrected chi connectivity index (χ1v) is 7.97. The van der Waals surface area contributed by atoms with Crippen molar-refractivity contribution in [1.29, 1.82) is 0 Å². The van der Waals surface area contributed by atoms with Crippen molar-refractivity contribution in [1.82, 2.24) is 10.6 Å². The second kappa shape index (κ2) is 6.25. The fourth-order valence-electron chi connectivity index (χ4n) is 3.42. The lowest BCUT2D eigenvalue weighted by Gasteiger charge is -2.34. The molecule has 2 atom stereocenters. The van der Waals surface area contributed by atoms with Crippen LogP contribution in [0, 0.1) is 17.3 Å². The number of amides is 1. The highest BCUT2D eigenvalue weighted by atomic mass is 16.1. The lowest BCUT2D eigenvalue weighted by atomic mass is 9.73. The van der Waals surface area contributed by atoms with Gasteiger partial charge in [0.1, 0.15) is 0 Å². The first kappa shape index (κ1) is 14.8. The van der Waals surface area contributed by atoms with Gasteiger partial charge in [-0.3, -0.25) is 4.79 Å². The Bertz CT molecular complexity index is 304. The van der Waals surface area contributed by atoms with E-state index in [2.05, 4.69) is 31.4 Å². The summed E-state index contributed by atoms with van der Waals surface area (Å²) in [4.78, 5) is 12.2. The summed E-state index contributed by atoms with van der Waals surface area (Å²) in [5, 5.41) is 6.60. The minimum absolute atomic E-state index is 0.233. The molecule has 1 aliphatic heterocycles. The molecule has 2 N–H and O–H groups in total. The molecule has 0 aromatic rings. The normalized spacial score (nSPS) is 31.9. The number of rotatable bonds is 3. The fraction of sp³-hybridized carbons (Fsp3) is 0.938. The fourth-order valence-corrected chi connectivity index (χ4v) is 3.42. The zero-order valence-corrected chi connectivity index (χ0v) is 12.8. The molecule has 110 valence electrons. The van der Waals surface area contributed by atoms with E-state index in [9.17, 15) is 4.79 Å². The van der Waals surface area contributed by atoms with Crippen LogP contribution in [0.4, 0.5) is 0 Å². The van der Waals surface area contributed by atoms with Crippen LogP contribution in [0.5, 0.6) is 0 Å². The molecule has 3 heteroatoms. The second-order valence-corrected chi connectivity index (χ2v) is 7.43. The molecule has 0 radical (unpaired) electrons. The van der Waals surface area contributed by atoms with Crippen LogP contribution in [-0.2, 0) is 4.79 Å². The van der Waals surface area contributed by atoms with Crippen LogP contribution < -0.4 is 10.6 Å². The van der Waals surface area contributed by atoms with E-state index in [0.717, 1.165) is 25.9 Å². The van der Waals surface area contributed by atoms with E-state index in [1.807, 2.05) is 0 Å². The lowest BCUT2D eigenvalue weighted by Crippen LogP contribution is -2.43. The van der Waals surface area contributed by atoms with E-state index < -0.39 is 0 Å². The van der Waals surface area contributed by atoms with Crippen molar-refractivity contribution in [3.63, 3.8) is 0 Å². The zero-order chi connectivity index (χ0) is 13.9. The summed E-state index contributed by atoms with van der Waals surface area (Å²) in [7, 11) is 0. The summed E-state index contributed by atoms with van der Waals surface area (Å²) in [5.74, 6) is 1.23. The summed E-state index contributed by atoms with van der Waals surface area (Å²) >= 11 is 0. The van der Waals surface area contributed by atoms with Crippen LogP contribution in [0.2, 0.25) is 0 Å². The molecule has 0 aromatic heterocycles. The van der Waals surface area contributed by atoms with Gasteiger partial charge in [-0.05, 0) is 63.3 Å². The van der Waals surface area contributed by atoms with Crippen LogP contribution in [-0.4, -0.2) is 25.0 Å². The molecule has 1 amide bonds. The molecular formula is C16H30N2O.